The highest BCUT2D eigenvalue weighted by atomic mass is 32.2. The van der Waals surface area contributed by atoms with E-state index in [2.05, 4.69) is 32.2 Å². The highest BCUT2D eigenvalue weighted by molar-refractivity contribution is 8.00. The molecular formula is C17H19N5OS. The Morgan fingerprint density at radius 1 is 1.33 bits per heavy atom. The van der Waals surface area contributed by atoms with Crippen LogP contribution in [0.25, 0.3) is 11.2 Å². The van der Waals surface area contributed by atoms with E-state index >= 15 is 0 Å². The van der Waals surface area contributed by atoms with Crippen molar-refractivity contribution in [1.29, 1.82) is 0 Å². The largest absolute Gasteiger partial charge is 0.341 e. The second-order valence-corrected chi connectivity index (χ2v) is 6.82. The Hall–Kier alpha value is -2.41. The van der Waals surface area contributed by atoms with E-state index in [4.69, 9.17) is 0 Å². The van der Waals surface area contributed by atoms with Crippen LogP contribution in [0, 0.1) is 6.92 Å². The van der Waals surface area contributed by atoms with Crippen molar-refractivity contribution in [2.75, 3.05) is 5.32 Å². The number of carbonyl (C=O) groups excluding carboxylic acids is 1. The number of para-hydroxylation sites is 1. The molecule has 0 saturated carbocycles. The number of aromatic amines is 1. The molecule has 0 aliphatic heterocycles. The maximum atomic E-state index is 12.6. The third-order valence-corrected chi connectivity index (χ3v) is 4.93. The van der Waals surface area contributed by atoms with Gasteiger partial charge in [-0.05, 0) is 31.4 Å². The quantitative estimate of drug-likeness (QED) is 0.549. The number of aryl methyl sites for hydroxylation is 2. The summed E-state index contributed by atoms with van der Waals surface area (Å²) in [6.07, 6.45) is 3.92. The van der Waals surface area contributed by atoms with Crippen molar-refractivity contribution < 1.29 is 4.79 Å². The van der Waals surface area contributed by atoms with Crippen LogP contribution in [0.4, 0.5) is 5.69 Å². The van der Waals surface area contributed by atoms with Crippen LogP contribution in [0.15, 0.2) is 35.9 Å². The molecule has 7 heteroatoms. The fourth-order valence-corrected chi connectivity index (χ4v) is 3.36. The number of nitrogens with one attached hydrogen (secondary N) is 2. The van der Waals surface area contributed by atoms with Crippen molar-refractivity contribution in [1.82, 2.24) is 19.9 Å². The molecule has 1 amide bonds. The first-order valence-electron chi connectivity index (χ1n) is 7.80. The van der Waals surface area contributed by atoms with Crippen LogP contribution in [0.2, 0.25) is 0 Å². The van der Waals surface area contributed by atoms with Crippen LogP contribution < -0.4 is 5.32 Å². The summed E-state index contributed by atoms with van der Waals surface area (Å²) in [4.78, 5) is 28.1. The molecule has 0 radical (unpaired) electrons. The van der Waals surface area contributed by atoms with Gasteiger partial charge in [0.2, 0.25) is 5.91 Å². The van der Waals surface area contributed by atoms with E-state index in [0.717, 1.165) is 33.8 Å². The normalized spacial score (nSPS) is 12.3. The number of benzene rings is 1. The maximum absolute atomic E-state index is 12.6. The van der Waals surface area contributed by atoms with E-state index in [-0.39, 0.29) is 11.2 Å². The molecule has 6 nitrogen and oxygen atoms in total. The highest BCUT2D eigenvalue weighted by Gasteiger charge is 2.19. The summed E-state index contributed by atoms with van der Waals surface area (Å²) in [6.45, 7) is 5.96. The fraction of sp³-hybridized carbons (Fsp3) is 0.294. The van der Waals surface area contributed by atoms with Crippen LogP contribution >= 0.6 is 11.8 Å². The van der Waals surface area contributed by atoms with Crippen LogP contribution in [0.3, 0.4) is 0 Å². The van der Waals surface area contributed by atoms with Gasteiger partial charge >= 0.3 is 0 Å². The highest BCUT2D eigenvalue weighted by Crippen LogP contribution is 2.28. The third kappa shape index (κ3) is 3.26. The first-order chi connectivity index (χ1) is 11.6. The topological polar surface area (TPSA) is 83.6 Å². The molecule has 0 aliphatic carbocycles. The molecule has 0 aliphatic rings. The third-order valence-electron chi connectivity index (χ3n) is 3.83. The van der Waals surface area contributed by atoms with E-state index < -0.39 is 0 Å². The van der Waals surface area contributed by atoms with E-state index in [9.17, 15) is 4.79 Å². The lowest BCUT2D eigenvalue weighted by Gasteiger charge is -2.16. The molecule has 0 fully saturated rings. The number of rotatable bonds is 5. The Morgan fingerprint density at radius 3 is 2.96 bits per heavy atom. The van der Waals surface area contributed by atoms with Crippen LogP contribution in [-0.4, -0.2) is 31.1 Å². The van der Waals surface area contributed by atoms with E-state index in [0.29, 0.717) is 5.65 Å². The molecule has 124 valence electrons. The van der Waals surface area contributed by atoms with Gasteiger partial charge in [-0.15, -0.1) is 0 Å². The molecule has 1 atom stereocenters. The van der Waals surface area contributed by atoms with Crippen molar-refractivity contribution in [3.8, 4) is 0 Å². The Kier molecular flexibility index (Phi) is 4.80. The van der Waals surface area contributed by atoms with Gasteiger partial charge in [-0.3, -0.25) is 4.79 Å². The molecule has 2 heterocycles. The fourth-order valence-electron chi connectivity index (χ4n) is 2.48. The molecule has 1 aromatic carbocycles. The molecule has 24 heavy (non-hydrogen) atoms. The number of amides is 1. The number of thioether (sulfide) groups is 1. The second-order valence-electron chi connectivity index (χ2n) is 5.49. The zero-order valence-corrected chi connectivity index (χ0v) is 14.6. The van der Waals surface area contributed by atoms with Crippen molar-refractivity contribution in [2.24, 2.45) is 0 Å². The standard InChI is InChI=1S/C17H19N5OS/c1-4-12-7-5-6-10(2)13(12)22-16(23)11(3)24-17-14-15(19-8-18-14)20-9-21-17/h5-9,11H,4H2,1-3H3,(H,22,23)(H,18,19,20,21)/t11-/m0/s1. The molecule has 3 rings (SSSR count). The van der Waals surface area contributed by atoms with Gasteiger partial charge in [0.1, 0.15) is 16.9 Å². The van der Waals surface area contributed by atoms with Crippen molar-refractivity contribution >= 4 is 34.5 Å². The Bertz CT molecular complexity index is 876. The molecular weight excluding hydrogens is 322 g/mol. The maximum Gasteiger partial charge on any atom is 0.237 e. The minimum Gasteiger partial charge on any atom is -0.341 e. The summed E-state index contributed by atoms with van der Waals surface area (Å²) in [7, 11) is 0. The molecule has 2 N–H and O–H groups in total. The number of H-pyrrole nitrogens is 1. The minimum atomic E-state index is -0.296. The van der Waals surface area contributed by atoms with Crippen LogP contribution in [0.5, 0.6) is 0 Å². The van der Waals surface area contributed by atoms with E-state index in [1.807, 2.05) is 32.0 Å². The zero-order chi connectivity index (χ0) is 17.1. The number of carbonyl (C=O) groups is 1. The van der Waals surface area contributed by atoms with Gasteiger partial charge < -0.3 is 10.3 Å². The molecule has 0 bridgehead atoms. The molecule has 0 saturated heterocycles. The number of aromatic nitrogens is 4. The molecule has 0 unspecified atom stereocenters. The Morgan fingerprint density at radius 2 is 2.17 bits per heavy atom. The summed E-state index contributed by atoms with van der Waals surface area (Å²) in [5, 5.41) is 3.49. The summed E-state index contributed by atoms with van der Waals surface area (Å²) in [6, 6.07) is 6.06. The lowest BCUT2D eigenvalue weighted by molar-refractivity contribution is -0.115. The number of hydrogen-bond donors (Lipinski definition) is 2. The number of nitrogens with zero attached hydrogens (tertiary/aromatic N) is 3. The van der Waals surface area contributed by atoms with Gasteiger partial charge in [-0.1, -0.05) is 36.9 Å². The number of imidazole rings is 1. The van der Waals surface area contributed by atoms with Crippen LogP contribution in [-0.2, 0) is 11.2 Å². The smallest absolute Gasteiger partial charge is 0.237 e. The molecule has 2 aromatic heterocycles. The van der Waals surface area contributed by atoms with Gasteiger partial charge in [-0.25, -0.2) is 15.0 Å². The van der Waals surface area contributed by atoms with Gasteiger partial charge in [0.05, 0.1) is 11.6 Å². The second kappa shape index (κ2) is 7.00. The predicted octanol–water partition coefficient (Wildman–Crippen LogP) is 3.34. The molecule has 3 aromatic rings. The number of hydrogen-bond acceptors (Lipinski definition) is 5. The van der Waals surface area contributed by atoms with Crippen LogP contribution in [0.1, 0.15) is 25.0 Å². The zero-order valence-electron chi connectivity index (χ0n) is 13.8. The van der Waals surface area contributed by atoms with E-state index in [1.165, 1.54) is 18.1 Å². The number of anilines is 1. The van der Waals surface area contributed by atoms with Gasteiger partial charge in [0.15, 0.2) is 5.65 Å². The van der Waals surface area contributed by atoms with Gasteiger partial charge in [-0.2, -0.15) is 0 Å². The average Bonchev–Trinajstić information content (AvgIpc) is 3.06. The predicted molar refractivity (Wildman–Crippen MR) is 96.2 cm³/mol. The average molecular weight is 341 g/mol. The first kappa shape index (κ1) is 16.4. The SMILES string of the molecule is CCc1cccc(C)c1NC(=O)[C@H](C)Sc1ncnc2nc[nH]c12. The Balaban J connectivity index is 1.77. The monoisotopic (exact) mass is 341 g/mol. The van der Waals surface area contributed by atoms with Crippen molar-refractivity contribution in [3.05, 3.63) is 42.0 Å². The van der Waals surface area contributed by atoms with Crippen molar-refractivity contribution in [2.45, 2.75) is 37.5 Å². The first-order valence-corrected chi connectivity index (χ1v) is 8.68. The summed E-state index contributed by atoms with van der Waals surface area (Å²) in [5.74, 6) is -0.0460. The summed E-state index contributed by atoms with van der Waals surface area (Å²) < 4.78 is 0. The van der Waals surface area contributed by atoms with Gasteiger partial charge in [0, 0.05) is 5.69 Å². The molecule has 0 spiro atoms. The summed E-state index contributed by atoms with van der Waals surface area (Å²) in [5.41, 5.74) is 4.47. The van der Waals surface area contributed by atoms with E-state index in [1.54, 1.807) is 6.33 Å². The lowest BCUT2D eigenvalue weighted by atomic mass is 10.1. The number of fused-ring (bicyclic) bond motifs is 1. The van der Waals surface area contributed by atoms with Gasteiger partial charge in [0.25, 0.3) is 0 Å². The minimum absolute atomic E-state index is 0.0460. The lowest BCUT2D eigenvalue weighted by Crippen LogP contribution is -2.23. The van der Waals surface area contributed by atoms with Crippen molar-refractivity contribution in [3.63, 3.8) is 0 Å². The summed E-state index contributed by atoms with van der Waals surface area (Å²) >= 11 is 1.39. The Labute approximate surface area is 144 Å².